The molecule has 0 amide bonds. The molecule has 0 aliphatic heterocycles. The number of hydrogen-bond acceptors (Lipinski definition) is 6. The van der Waals surface area contributed by atoms with E-state index >= 15 is 0 Å². The van der Waals surface area contributed by atoms with Crippen molar-refractivity contribution in [1.29, 1.82) is 0 Å². The fourth-order valence-electron chi connectivity index (χ4n) is 2.97. The predicted molar refractivity (Wildman–Crippen MR) is 106 cm³/mol. The van der Waals surface area contributed by atoms with Gasteiger partial charge in [0.1, 0.15) is 5.76 Å². The molecule has 0 unspecified atom stereocenters. The van der Waals surface area contributed by atoms with Crippen molar-refractivity contribution < 1.29 is 17.3 Å². The van der Waals surface area contributed by atoms with Crippen molar-refractivity contribution in [1.82, 2.24) is 8.87 Å². The van der Waals surface area contributed by atoms with Crippen LogP contribution >= 0.6 is 11.3 Å². The fraction of sp³-hybridized carbons (Fsp3) is 0.211. The fourth-order valence-corrected chi connectivity index (χ4v) is 5.09. The number of aryl methyl sites for hydroxylation is 1. The van der Waals surface area contributed by atoms with Crippen molar-refractivity contribution in [3.63, 3.8) is 0 Å². The molecule has 4 aromatic rings. The zero-order valence-corrected chi connectivity index (χ0v) is 16.7. The van der Waals surface area contributed by atoms with Gasteiger partial charge in [-0.25, -0.2) is 13.2 Å². The van der Waals surface area contributed by atoms with E-state index in [4.69, 9.17) is 8.83 Å². The lowest BCUT2D eigenvalue weighted by Crippen LogP contribution is -2.32. The van der Waals surface area contributed by atoms with Gasteiger partial charge in [-0.2, -0.15) is 4.31 Å². The highest BCUT2D eigenvalue weighted by molar-refractivity contribution is 7.89. The van der Waals surface area contributed by atoms with E-state index in [1.54, 1.807) is 30.5 Å². The molecule has 28 heavy (non-hydrogen) atoms. The molecule has 0 fully saturated rings. The molecule has 0 aliphatic rings. The molecule has 0 bridgehead atoms. The number of aromatic nitrogens is 1. The van der Waals surface area contributed by atoms with E-state index in [2.05, 4.69) is 0 Å². The van der Waals surface area contributed by atoms with E-state index in [-0.39, 0.29) is 11.4 Å². The van der Waals surface area contributed by atoms with Gasteiger partial charge in [-0.1, -0.05) is 6.07 Å². The van der Waals surface area contributed by atoms with Crippen LogP contribution in [-0.4, -0.2) is 23.8 Å². The number of fused-ring (bicyclic) bond motifs is 1. The van der Waals surface area contributed by atoms with Crippen molar-refractivity contribution in [2.24, 2.45) is 7.05 Å². The lowest BCUT2D eigenvalue weighted by Gasteiger charge is -2.21. The van der Waals surface area contributed by atoms with E-state index in [0.29, 0.717) is 29.8 Å². The maximum absolute atomic E-state index is 13.3. The molecule has 9 heteroatoms. The molecule has 0 spiro atoms. The van der Waals surface area contributed by atoms with E-state index < -0.39 is 15.8 Å². The Morgan fingerprint density at radius 2 is 2.04 bits per heavy atom. The normalized spacial score (nSPS) is 12.2. The number of thiophene rings is 1. The Bertz CT molecular complexity index is 1240. The Kier molecular flexibility index (Phi) is 4.96. The molecule has 3 heterocycles. The number of oxazole rings is 1. The number of benzene rings is 1. The van der Waals surface area contributed by atoms with Crippen molar-refractivity contribution in [2.45, 2.75) is 17.9 Å². The van der Waals surface area contributed by atoms with Gasteiger partial charge in [0, 0.05) is 18.5 Å². The average molecular weight is 418 g/mol. The molecular formula is C19H18N2O5S2. The van der Waals surface area contributed by atoms with Gasteiger partial charge in [-0.15, -0.1) is 11.3 Å². The Balaban J connectivity index is 1.70. The molecule has 4 rings (SSSR count). The van der Waals surface area contributed by atoms with E-state index in [9.17, 15) is 13.2 Å². The lowest BCUT2D eigenvalue weighted by molar-refractivity contribution is 0.366. The van der Waals surface area contributed by atoms with Gasteiger partial charge in [-0.3, -0.25) is 4.57 Å². The van der Waals surface area contributed by atoms with Crippen LogP contribution in [0.5, 0.6) is 0 Å². The summed E-state index contributed by atoms with van der Waals surface area (Å²) < 4.78 is 39.8. The largest absolute Gasteiger partial charge is 0.468 e. The van der Waals surface area contributed by atoms with Crippen molar-refractivity contribution >= 4 is 32.5 Å². The zero-order valence-electron chi connectivity index (χ0n) is 15.1. The zero-order chi connectivity index (χ0) is 19.7. The molecule has 7 nitrogen and oxygen atoms in total. The summed E-state index contributed by atoms with van der Waals surface area (Å²) in [6, 6.07) is 11.8. The summed E-state index contributed by atoms with van der Waals surface area (Å²) in [4.78, 5) is 12.9. The van der Waals surface area contributed by atoms with Crippen molar-refractivity contribution in [2.75, 3.05) is 6.54 Å². The Morgan fingerprint density at radius 1 is 1.18 bits per heavy atom. The number of sulfonamides is 1. The molecule has 3 aromatic heterocycles. The van der Waals surface area contributed by atoms with Crippen molar-refractivity contribution in [3.05, 3.63) is 75.3 Å². The monoisotopic (exact) mass is 418 g/mol. The standard InChI is InChI=1S/C19H18N2O5S2/c1-20-17-12-16(6-7-18(17)26-19(20)22)28(23,24)21(13-14-4-2-10-25-14)9-8-15-5-3-11-27-15/h2-7,10-12H,8-9,13H2,1H3. The second-order valence-electron chi connectivity index (χ2n) is 6.30. The molecule has 0 atom stereocenters. The van der Waals surface area contributed by atoms with E-state index in [1.165, 1.54) is 33.3 Å². The summed E-state index contributed by atoms with van der Waals surface area (Å²) >= 11 is 1.59. The third-order valence-electron chi connectivity index (χ3n) is 4.50. The van der Waals surface area contributed by atoms with Gasteiger partial charge in [-0.05, 0) is 48.2 Å². The number of furan rings is 1. The number of hydrogen-bond donors (Lipinski definition) is 0. The summed E-state index contributed by atoms with van der Waals surface area (Å²) in [5, 5.41) is 1.97. The summed E-state index contributed by atoms with van der Waals surface area (Å²) in [6.07, 6.45) is 2.12. The second kappa shape index (κ2) is 7.42. The molecular weight excluding hydrogens is 400 g/mol. The molecule has 1 aromatic carbocycles. The first-order valence-electron chi connectivity index (χ1n) is 8.59. The lowest BCUT2D eigenvalue weighted by atomic mass is 10.3. The van der Waals surface area contributed by atoms with E-state index in [0.717, 1.165) is 4.88 Å². The van der Waals surface area contributed by atoms with E-state index in [1.807, 2.05) is 17.5 Å². The molecule has 0 N–H and O–H groups in total. The maximum Gasteiger partial charge on any atom is 0.419 e. The number of nitrogens with zero attached hydrogens (tertiary/aromatic N) is 2. The van der Waals surface area contributed by atoms with Crippen LogP contribution in [0.2, 0.25) is 0 Å². The predicted octanol–water partition coefficient (Wildman–Crippen LogP) is 3.22. The summed E-state index contributed by atoms with van der Waals surface area (Å²) in [7, 11) is -2.26. The van der Waals surface area contributed by atoms with Crippen LogP contribution in [0, 0.1) is 0 Å². The molecule has 0 aliphatic carbocycles. The first-order chi connectivity index (χ1) is 13.4. The van der Waals surface area contributed by atoms with Crippen molar-refractivity contribution in [3.8, 4) is 0 Å². The third kappa shape index (κ3) is 3.56. The Hall–Kier alpha value is -2.62. The smallest absolute Gasteiger partial charge is 0.419 e. The Labute approximate surface area is 165 Å². The van der Waals surface area contributed by atoms with Crippen LogP contribution < -0.4 is 5.76 Å². The van der Waals surface area contributed by atoms with Crippen LogP contribution in [0.4, 0.5) is 0 Å². The van der Waals surface area contributed by atoms with Gasteiger partial charge < -0.3 is 8.83 Å². The minimum atomic E-state index is -3.81. The topological polar surface area (TPSA) is 85.7 Å². The van der Waals surface area contributed by atoms with Gasteiger partial charge >= 0.3 is 5.76 Å². The van der Waals surface area contributed by atoms with Crippen LogP contribution in [0.3, 0.4) is 0 Å². The number of rotatable bonds is 7. The summed E-state index contributed by atoms with van der Waals surface area (Å²) in [6.45, 7) is 0.439. The summed E-state index contributed by atoms with van der Waals surface area (Å²) in [5.74, 6) is 0.0289. The van der Waals surface area contributed by atoms with Gasteiger partial charge in [0.15, 0.2) is 5.58 Å². The first kappa shape index (κ1) is 18.7. The highest BCUT2D eigenvalue weighted by atomic mass is 32.2. The van der Waals surface area contributed by atoms with Crippen LogP contribution in [0.25, 0.3) is 11.1 Å². The van der Waals surface area contributed by atoms with Crippen LogP contribution in [-0.2, 0) is 30.0 Å². The average Bonchev–Trinajstić information content (AvgIpc) is 3.42. The SMILES string of the molecule is Cn1c(=O)oc2ccc(S(=O)(=O)N(CCc3cccs3)Cc3ccco3)cc21. The Morgan fingerprint density at radius 3 is 2.75 bits per heavy atom. The minimum Gasteiger partial charge on any atom is -0.468 e. The first-order valence-corrected chi connectivity index (χ1v) is 10.9. The van der Waals surface area contributed by atoms with Crippen LogP contribution in [0.15, 0.2) is 72.6 Å². The highest BCUT2D eigenvalue weighted by Crippen LogP contribution is 2.23. The molecule has 0 saturated heterocycles. The van der Waals surface area contributed by atoms with Gasteiger partial charge in [0.05, 0.1) is 23.2 Å². The maximum atomic E-state index is 13.3. The highest BCUT2D eigenvalue weighted by Gasteiger charge is 2.26. The third-order valence-corrected chi connectivity index (χ3v) is 7.28. The minimum absolute atomic E-state index is 0.106. The quantitative estimate of drug-likeness (QED) is 0.460. The molecule has 146 valence electrons. The molecule has 0 saturated carbocycles. The van der Waals surface area contributed by atoms with Gasteiger partial charge in [0.2, 0.25) is 10.0 Å². The second-order valence-corrected chi connectivity index (χ2v) is 9.27. The molecule has 0 radical (unpaired) electrons. The van der Waals surface area contributed by atoms with Crippen LogP contribution in [0.1, 0.15) is 10.6 Å². The summed E-state index contributed by atoms with van der Waals surface area (Å²) in [5.41, 5.74) is 0.782. The van der Waals surface area contributed by atoms with Gasteiger partial charge in [0.25, 0.3) is 0 Å².